The third kappa shape index (κ3) is 4.03. The first-order chi connectivity index (χ1) is 15.4. The van der Waals surface area contributed by atoms with Crippen molar-refractivity contribution in [1.82, 2.24) is 10.2 Å². The number of Topliss-reactive ketones (excluding diaryl/α,β-unsaturated/α-hetero) is 1. The highest BCUT2D eigenvalue weighted by Gasteiger charge is 2.55. The van der Waals surface area contributed by atoms with E-state index in [0.29, 0.717) is 16.0 Å². The molecule has 1 saturated carbocycles. The molecule has 2 aromatic rings. The zero-order valence-electron chi connectivity index (χ0n) is 18.2. The van der Waals surface area contributed by atoms with Crippen molar-refractivity contribution in [2.24, 2.45) is 5.73 Å². The summed E-state index contributed by atoms with van der Waals surface area (Å²) < 4.78 is 27.1. The van der Waals surface area contributed by atoms with Gasteiger partial charge in [-0.25, -0.2) is 13.6 Å². The molecule has 174 valence electrons. The number of nitrogens with zero attached hydrogens (tertiary/aromatic N) is 1. The third-order valence-electron chi connectivity index (χ3n) is 6.39. The largest absolute Gasteiger partial charge is 0.366 e. The number of amides is 4. The van der Waals surface area contributed by atoms with Crippen molar-refractivity contribution < 1.29 is 28.0 Å². The fraction of sp³-hybridized carbons (Fsp3) is 0.391. The number of primary amides is 1. The van der Waals surface area contributed by atoms with Crippen molar-refractivity contribution in [3.8, 4) is 11.1 Å². The molecular weight excluding hydrogens is 452 g/mol. The number of imide groups is 1. The lowest BCUT2D eigenvalue weighted by Crippen LogP contribution is -2.51. The molecule has 1 aromatic heterocycles. The summed E-state index contributed by atoms with van der Waals surface area (Å²) >= 11 is 1.24. The Hall–Kier alpha value is -3.14. The van der Waals surface area contributed by atoms with E-state index in [1.807, 2.05) is 13.0 Å². The van der Waals surface area contributed by atoms with E-state index in [0.717, 1.165) is 20.9 Å². The normalized spacial score (nSPS) is 19.1. The zero-order chi connectivity index (χ0) is 24.1. The molecule has 1 aromatic carbocycles. The molecule has 1 aliphatic heterocycles. The summed E-state index contributed by atoms with van der Waals surface area (Å²) in [6, 6.07) is 6.03. The number of halogens is 2. The van der Waals surface area contributed by atoms with E-state index in [4.69, 9.17) is 5.73 Å². The summed E-state index contributed by atoms with van der Waals surface area (Å²) in [5.74, 6) is -4.46. The SMILES string of the molecule is Cc1sc(C(=O)CN2C(=O)NC3(CCC(F)(F)CC3)C2=O)c(C)c1-c1cccc(C(N)=O)c1. The molecule has 2 heterocycles. The number of benzene rings is 1. The van der Waals surface area contributed by atoms with Gasteiger partial charge in [0.15, 0.2) is 5.78 Å². The van der Waals surface area contributed by atoms with Crippen molar-refractivity contribution >= 4 is 35.0 Å². The number of nitrogens with one attached hydrogen (secondary N) is 1. The van der Waals surface area contributed by atoms with Gasteiger partial charge in [0.05, 0.1) is 11.4 Å². The zero-order valence-corrected chi connectivity index (χ0v) is 19.0. The second-order valence-electron chi connectivity index (χ2n) is 8.62. The Morgan fingerprint density at radius 3 is 2.45 bits per heavy atom. The van der Waals surface area contributed by atoms with Gasteiger partial charge >= 0.3 is 6.03 Å². The van der Waals surface area contributed by atoms with Gasteiger partial charge in [0, 0.05) is 23.3 Å². The molecule has 7 nitrogen and oxygen atoms in total. The van der Waals surface area contributed by atoms with E-state index in [1.165, 1.54) is 11.3 Å². The molecule has 0 atom stereocenters. The minimum absolute atomic E-state index is 0.160. The Morgan fingerprint density at radius 1 is 1.15 bits per heavy atom. The lowest BCUT2D eigenvalue weighted by Gasteiger charge is -2.34. The monoisotopic (exact) mass is 475 g/mol. The Kier molecular flexibility index (Phi) is 5.60. The summed E-state index contributed by atoms with van der Waals surface area (Å²) in [7, 11) is 0. The fourth-order valence-corrected chi connectivity index (χ4v) is 5.70. The van der Waals surface area contributed by atoms with E-state index < -0.39 is 54.5 Å². The van der Waals surface area contributed by atoms with Crippen molar-refractivity contribution in [2.45, 2.75) is 51.0 Å². The van der Waals surface area contributed by atoms with Crippen molar-refractivity contribution in [2.75, 3.05) is 6.54 Å². The lowest BCUT2D eigenvalue weighted by molar-refractivity contribution is -0.135. The topological polar surface area (TPSA) is 110 Å². The Labute approximate surface area is 192 Å². The molecule has 4 amide bonds. The Balaban J connectivity index is 1.57. The molecular formula is C23H23F2N3O4S. The van der Waals surface area contributed by atoms with E-state index in [9.17, 15) is 28.0 Å². The van der Waals surface area contributed by atoms with Crippen LogP contribution in [0.3, 0.4) is 0 Å². The molecule has 1 spiro atoms. The van der Waals surface area contributed by atoms with Crippen LogP contribution in [0.25, 0.3) is 11.1 Å². The maximum Gasteiger partial charge on any atom is 0.325 e. The number of nitrogens with two attached hydrogens (primary N) is 1. The number of hydrogen-bond acceptors (Lipinski definition) is 5. The van der Waals surface area contributed by atoms with Gasteiger partial charge in [0.1, 0.15) is 5.54 Å². The average molecular weight is 476 g/mol. The Bertz CT molecular complexity index is 1180. The van der Waals surface area contributed by atoms with E-state index in [2.05, 4.69) is 5.32 Å². The second-order valence-corrected chi connectivity index (χ2v) is 9.84. The summed E-state index contributed by atoms with van der Waals surface area (Å²) in [6.07, 6.45) is -1.30. The van der Waals surface area contributed by atoms with Gasteiger partial charge < -0.3 is 11.1 Å². The number of aryl methyl sites for hydroxylation is 1. The highest BCUT2D eigenvalue weighted by molar-refractivity contribution is 7.14. The molecule has 2 aliphatic rings. The van der Waals surface area contributed by atoms with Crippen LogP contribution < -0.4 is 11.1 Å². The number of ketones is 1. The van der Waals surface area contributed by atoms with Gasteiger partial charge in [0.25, 0.3) is 5.91 Å². The molecule has 3 N–H and O–H groups in total. The van der Waals surface area contributed by atoms with Crippen LogP contribution in [0.2, 0.25) is 0 Å². The number of rotatable bonds is 5. The van der Waals surface area contributed by atoms with Crippen LogP contribution in [0.4, 0.5) is 13.6 Å². The second kappa shape index (κ2) is 8.02. The summed E-state index contributed by atoms with van der Waals surface area (Å²) in [4.78, 5) is 52.1. The smallest absolute Gasteiger partial charge is 0.325 e. The number of hydrogen-bond donors (Lipinski definition) is 2. The first kappa shape index (κ1) is 23.0. The molecule has 4 rings (SSSR count). The fourth-order valence-electron chi connectivity index (χ4n) is 4.59. The van der Waals surface area contributed by atoms with Crippen LogP contribution in [-0.4, -0.2) is 46.5 Å². The lowest BCUT2D eigenvalue weighted by atomic mass is 9.80. The highest BCUT2D eigenvalue weighted by atomic mass is 32.1. The maximum absolute atomic E-state index is 13.6. The van der Waals surface area contributed by atoms with Crippen LogP contribution in [0.1, 0.15) is 56.2 Å². The van der Waals surface area contributed by atoms with Crippen molar-refractivity contribution in [1.29, 1.82) is 0 Å². The van der Waals surface area contributed by atoms with Gasteiger partial charge in [-0.3, -0.25) is 19.3 Å². The van der Waals surface area contributed by atoms with Crippen LogP contribution >= 0.6 is 11.3 Å². The van der Waals surface area contributed by atoms with Gasteiger partial charge in [0.2, 0.25) is 11.8 Å². The van der Waals surface area contributed by atoms with Gasteiger partial charge in [-0.15, -0.1) is 11.3 Å². The number of urea groups is 1. The molecule has 33 heavy (non-hydrogen) atoms. The minimum atomic E-state index is -2.85. The van der Waals surface area contributed by atoms with E-state index in [-0.39, 0.29) is 12.8 Å². The molecule has 0 unspecified atom stereocenters. The van der Waals surface area contributed by atoms with Gasteiger partial charge in [-0.2, -0.15) is 0 Å². The quantitative estimate of drug-likeness (QED) is 0.506. The van der Waals surface area contributed by atoms with Crippen molar-refractivity contribution in [3.63, 3.8) is 0 Å². The number of thiophene rings is 1. The van der Waals surface area contributed by atoms with Crippen LogP contribution in [0.5, 0.6) is 0 Å². The third-order valence-corrected chi connectivity index (χ3v) is 7.64. The summed E-state index contributed by atoms with van der Waals surface area (Å²) in [6.45, 7) is 3.13. The highest BCUT2D eigenvalue weighted by Crippen LogP contribution is 2.42. The predicted molar refractivity (Wildman–Crippen MR) is 118 cm³/mol. The first-order valence-electron chi connectivity index (χ1n) is 10.5. The molecule has 2 fully saturated rings. The van der Waals surface area contributed by atoms with Crippen molar-refractivity contribution in [3.05, 3.63) is 45.1 Å². The van der Waals surface area contributed by atoms with E-state index in [1.54, 1.807) is 25.1 Å². The standard InChI is InChI=1S/C23H23F2N3O4S/c1-12-17(14-4-3-5-15(10-14)19(26)30)13(2)33-18(12)16(29)11-28-20(31)22(27-21(28)32)6-8-23(24,25)9-7-22/h3-5,10H,6-9,11H2,1-2H3,(H2,26,30)(H,27,32). The van der Waals surface area contributed by atoms with Gasteiger partial charge in [-0.05, 0) is 55.5 Å². The number of carbonyl (C=O) groups is 4. The molecule has 0 bridgehead atoms. The minimum Gasteiger partial charge on any atom is -0.366 e. The van der Waals surface area contributed by atoms with E-state index >= 15 is 0 Å². The summed E-state index contributed by atoms with van der Waals surface area (Å²) in [5.41, 5.74) is 6.54. The number of alkyl halides is 2. The molecule has 1 aliphatic carbocycles. The van der Waals surface area contributed by atoms with Gasteiger partial charge in [-0.1, -0.05) is 12.1 Å². The molecule has 0 radical (unpaired) electrons. The van der Waals surface area contributed by atoms with Crippen LogP contribution in [0.15, 0.2) is 24.3 Å². The predicted octanol–water partition coefficient (Wildman–Crippen LogP) is 3.81. The molecule has 10 heteroatoms. The van der Waals surface area contributed by atoms with Crippen LogP contribution in [0, 0.1) is 13.8 Å². The number of carbonyl (C=O) groups excluding carboxylic acids is 4. The first-order valence-corrected chi connectivity index (χ1v) is 11.3. The molecule has 1 saturated heterocycles. The average Bonchev–Trinajstić information content (AvgIpc) is 3.18. The maximum atomic E-state index is 13.6. The summed E-state index contributed by atoms with van der Waals surface area (Å²) in [5, 5.41) is 2.55. The van der Waals surface area contributed by atoms with Crippen LogP contribution in [-0.2, 0) is 4.79 Å². The Morgan fingerprint density at radius 2 is 1.82 bits per heavy atom.